The van der Waals surface area contributed by atoms with Crippen molar-refractivity contribution in [2.45, 2.75) is 33.1 Å². The van der Waals surface area contributed by atoms with Crippen LogP contribution in [0, 0.1) is 5.92 Å². The molecule has 0 aliphatic heterocycles. The highest BCUT2D eigenvalue weighted by atomic mass is 16.5. The maximum absolute atomic E-state index is 12.0. The van der Waals surface area contributed by atoms with Crippen LogP contribution < -0.4 is 4.74 Å². The van der Waals surface area contributed by atoms with Crippen LogP contribution in [0.2, 0.25) is 0 Å². The number of benzene rings is 2. The van der Waals surface area contributed by atoms with Crippen molar-refractivity contribution in [1.29, 1.82) is 0 Å². The average Bonchev–Trinajstić information content (AvgIpc) is 2.46. The Hall–Kier alpha value is -2.09. The van der Waals surface area contributed by atoms with E-state index in [1.165, 1.54) is 0 Å². The van der Waals surface area contributed by atoms with E-state index in [1.54, 1.807) is 0 Å². The highest BCUT2D eigenvalue weighted by molar-refractivity contribution is 5.90. The van der Waals surface area contributed by atoms with Gasteiger partial charge in [-0.05, 0) is 41.7 Å². The molecule has 0 atom stereocenters. The van der Waals surface area contributed by atoms with Crippen LogP contribution in [0.3, 0.4) is 0 Å². The number of carbonyl (C=O) groups excluding carboxylic acids is 1. The smallest absolute Gasteiger partial charge is 0.338 e. The first kappa shape index (κ1) is 15.3. The molecule has 0 fully saturated rings. The van der Waals surface area contributed by atoms with Crippen molar-refractivity contribution in [3.8, 4) is 5.75 Å². The first-order valence-corrected chi connectivity index (χ1v) is 7.45. The zero-order valence-corrected chi connectivity index (χ0v) is 12.8. The Morgan fingerprint density at radius 1 is 1.14 bits per heavy atom. The van der Waals surface area contributed by atoms with E-state index in [0.717, 1.165) is 23.6 Å². The fourth-order valence-electron chi connectivity index (χ4n) is 2.24. The number of fused-ring (bicyclic) bond motifs is 1. The van der Waals surface area contributed by atoms with Crippen LogP contribution in [0.4, 0.5) is 0 Å². The van der Waals surface area contributed by atoms with Crippen LogP contribution in [0.15, 0.2) is 54.6 Å². The maximum atomic E-state index is 12.0. The second kappa shape index (κ2) is 7.07. The fraction of sp³-hybridized carbons (Fsp3) is 0.316. The van der Waals surface area contributed by atoms with Crippen molar-refractivity contribution in [3.05, 3.63) is 54.6 Å². The second-order valence-electron chi connectivity index (χ2n) is 5.79. The van der Waals surface area contributed by atoms with Crippen molar-refractivity contribution in [1.82, 2.24) is 0 Å². The van der Waals surface area contributed by atoms with Crippen LogP contribution in [0.5, 0.6) is 5.75 Å². The predicted octanol–water partition coefficient (Wildman–Crippen LogP) is 5.13. The van der Waals surface area contributed by atoms with Crippen molar-refractivity contribution >= 4 is 16.7 Å². The van der Waals surface area contributed by atoms with E-state index in [1.807, 2.05) is 42.5 Å². The minimum Gasteiger partial charge on any atom is -0.423 e. The molecule has 0 heterocycles. The summed E-state index contributed by atoms with van der Waals surface area (Å²) in [5.41, 5.74) is 0.545. The largest absolute Gasteiger partial charge is 0.423 e. The molecule has 0 N–H and O–H groups in total. The molecule has 2 heteroatoms. The van der Waals surface area contributed by atoms with Gasteiger partial charge in [-0.1, -0.05) is 57.2 Å². The van der Waals surface area contributed by atoms with Gasteiger partial charge in [0.15, 0.2) is 0 Å². The van der Waals surface area contributed by atoms with Gasteiger partial charge in [0.2, 0.25) is 0 Å². The quantitative estimate of drug-likeness (QED) is 0.417. The summed E-state index contributed by atoms with van der Waals surface area (Å²) in [6.07, 6.45) is 2.77. The topological polar surface area (TPSA) is 26.3 Å². The monoisotopic (exact) mass is 282 g/mol. The standard InChI is InChI=1S/C19H22O2/c1-14(2)7-6-8-15(3)19(20)21-18-12-11-16-9-4-5-10-17(16)13-18/h4-5,9-14H,3,6-8H2,1-2H3. The highest BCUT2D eigenvalue weighted by Gasteiger charge is 2.10. The Kier molecular flexibility index (Phi) is 5.15. The van der Waals surface area contributed by atoms with Crippen LogP contribution >= 0.6 is 0 Å². The van der Waals surface area contributed by atoms with Crippen LogP contribution in [0.25, 0.3) is 10.8 Å². The molecule has 21 heavy (non-hydrogen) atoms. The van der Waals surface area contributed by atoms with Gasteiger partial charge < -0.3 is 4.74 Å². The van der Waals surface area contributed by atoms with Crippen molar-refractivity contribution < 1.29 is 9.53 Å². The number of carbonyl (C=O) groups is 1. The fourth-order valence-corrected chi connectivity index (χ4v) is 2.24. The van der Waals surface area contributed by atoms with Crippen LogP contribution in [-0.2, 0) is 4.79 Å². The summed E-state index contributed by atoms with van der Waals surface area (Å²) in [6, 6.07) is 13.7. The zero-order valence-electron chi connectivity index (χ0n) is 12.8. The molecule has 110 valence electrons. The molecule has 2 nitrogen and oxygen atoms in total. The van der Waals surface area contributed by atoms with Gasteiger partial charge >= 0.3 is 5.97 Å². The van der Waals surface area contributed by atoms with Gasteiger partial charge in [0.05, 0.1) is 0 Å². The van der Waals surface area contributed by atoms with E-state index in [0.29, 0.717) is 23.7 Å². The third kappa shape index (κ3) is 4.45. The lowest BCUT2D eigenvalue weighted by atomic mass is 10.0. The van der Waals surface area contributed by atoms with Gasteiger partial charge in [0.1, 0.15) is 5.75 Å². The SMILES string of the molecule is C=C(CCCC(C)C)C(=O)Oc1ccc2ccccc2c1. The van der Waals surface area contributed by atoms with E-state index in [4.69, 9.17) is 4.74 Å². The third-order valence-corrected chi connectivity index (χ3v) is 3.48. The number of hydrogen-bond donors (Lipinski definition) is 0. The van der Waals surface area contributed by atoms with E-state index < -0.39 is 0 Å². The Labute approximate surface area is 126 Å². The van der Waals surface area contributed by atoms with Gasteiger partial charge in [0, 0.05) is 5.57 Å². The first-order valence-electron chi connectivity index (χ1n) is 7.45. The van der Waals surface area contributed by atoms with Gasteiger partial charge in [-0.25, -0.2) is 4.79 Å². The van der Waals surface area contributed by atoms with Crippen LogP contribution in [-0.4, -0.2) is 5.97 Å². The molecule has 0 amide bonds. The summed E-state index contributed by atoms with van der Waals surface area (Å²) in [4.78, 5) is 12.0. The molecule has 2 rings (SSSR count). The van der Waals surface area contributed by atoms with Gasteiger partial charge in [0.25, 0.3) is 0 Å². The summed E-state index contributed by atoms with van der Waals surface area (Å²) < 4.78 is 5.40. The normalized spacial score (nSPS) is 10.8. The van der Waals surface area contributed by atoms with Gasteiger partial charge in [-0.15, -0.1) is 0 Å². The van der Waals surface area contributed by atoms with Crippen LogP contribution in [0.1, 0.15) is 33.1 Å². The molecule has 0 bridgehead atoms. The first-order chi connectivity index (χ1) is 10.1. The van der Waals surface area contributed by atoms with Crippen molar-refractivity contribution in [3.63, 3.8) is 0 Å². The molecular weight excluding hydrogens is 260 g/mol. The number of rotatable bonds is 6. The number of esters is 1. The highest BCUT2D eigenvalue weighted by Crippen LogP contribution is 2.22. The summed E-state index contributed by atoms with van der Waals surface area (Å²) in [5.74, 6) is 0.895. The van der Waals surface area contributed by atoms with E-state index >= 15 is 0 Å². The zero-order chi connectivity index (χ0) is 15.2. The summed E-state index contributed by atoms with van der Waals surface area (Å²) >= 11 is 0. The molecular formula is C19H22O2. The van der Waals surface area contributed by atoms with Gasteiger partial charge in [-0.2, -0.15) is 0 Å². The van der Waals surface area contributed by atoms with Gasteiger partial charge in [-0.3, -0.25) is 0 Å². The Balaban J connectivity index is 1.95. The number of ether oxygens (including phenoxy) is 1. The van der Waals surface area contributed by atoms with E-state index in [2.05, 4.69) is 20.4 Å². The summed E-state index contributed by atoms with van der Waals surface area (Å²) in [6.45, 7) is 8.19. The molecule has 0 aliphatic carbocycles. The minimum atomic E-state index is -0.325. The molecule has 0 spiro atoms. The second-order valence-corrected chi connectivity index (χ2v) is 5.79. The molecule has 0 radical (unpaired) electrons. The van der Waals surface area contributed by atoms with E-state index in [-0.39, 0.29) is 5.97 Å². The lowest BCUT2D eigenvalue weighted by molar-refractivity contribution is -0.130. The lowest BCUT2D eigenvalue weighted by Gasteiger charge is -2.08. The molecule has 0 aromatic heterocycles. The average molecular weight is 282 g/mol. The lowest BCUT2D eigenvalue weighted by Crippen LogP contribution is -2.10. The molecule has 0 saturated heterocycles. The molecule has 2 aromatic carbocycles. The van der Waals surface area contributed by atoms with Crippen molar-refractivity contribution in [2.75, 3.05) is 0 Å². The van der Waals surface area contributed by atoms with Crippen molar-refractivity contribution in [2.24, 2.45) is 5.92 Å². The van der Waals surface area contributed by atoms with E-state index in [9.17, 15) is 4.79 Å². The molecule has 0 unspecified atom stereocenters. The Morgan fingerprint density at radius 3 is 2.57 bits per heavy atom. The maximum Gasteiger partial charge on any atom is 0.338 e. The Morgan fingerprint density at radius 2 is 1.86 bits per heavy atom. The molecule has 0 aliphatic rings. The molecule has 0 saturated carbocycles. The third-order valence-electron chi connectivity index (χ3n) is 3.48. The Bertz CT molecular complexity index is 641. The summed E-state index contributed by atoms with van der Waals surface area (Å²) in [7, 11) is 0. The minimum absolute atomic E-state index is 0.325. The number of hydrogen-bond acceptors (Lipinski definition) is 2. The molecule has 2 aromatic rings. The summed E-state index contributed by atoms with van der Waals surface area (Å²) in [5, 5.41) is 2.20. The predicted molar refractivity (Wildman–Crippen MR) is 87.4 cm³/mol.